The summed E-state index contributed by atoms with van der Waals surface area (Å²) in [7, 11) is -1.92. The first-order valence-electron chi connectivity index (χ1n) is 8.04. The smallest absolute Gasteiger partial charge is 0.264 e. The minimum atomic E-state index is -4.00. The largest absolute Gasteiger partial charge is 0.354 e. The van der Waals surface area contributed by atoms with Gasteiger partial charge in [-0.15, -0.1) is 0 Å². The van der Waals surface area contributed by atoms with Crippen molar-refractivity contribution in [1.82, 2.24) is 9.88 Å². The molecule has 1 aromatic heterocycles. The maximum absolute atomic E-state index is 13.9. The van der Waals surface area contributed by atoms with Gasteiger partial charge in [-0.2, -0.15) is 0 Å². The Morgan fingerprint density at radius 1 is 1.12 bits per heavy atom. The van der Waals surface area contributed by atoms with Crippen LogP contribution in [0.15, 0.2) is 41.4 Å². The molecule has 0 bridgehead atoms. The average Bonchev–Trinajstić information content (AvgIpc) is 2.58. The predicted octanol–water partition coefficient (Wildman–Crippen LogP) is 2.08. The predicted molar refractivity (Wildman–Crippen MR) is 95.9 cm³/mol. The molecular weight excluding hydrogens is 343 g/mol. The van der Waals surface area contributed by atoms with Crippen LogP contribution in [0.25, 0.3) is 0 Å². The fourth-order valence-electron chi connectivity index (χ4n) is 2.70. The van der Waals surface area contributed by atoms with Gasteiger partial charge in [0.05, 0.1) is 11.9 Å². The van der Waals surface area contributed by atoms with Gasteiger partial charge >= 0.3 is 0 Å². The van der Waals surface area contributed by atoms with E-state index < -0.39 is 15.8 Å². The number of piperazine rings is 1. The SMILES string of the molecule is Cc1ccc(F)c(S(=O)(=O)Nc2ccc(N3CCN(C)CC3)nc2)c1. The first-order chi connectivity index (χ1) is 11.8. The number of halogens is 1. The topological polar surface area (TPSA) is 65.5 Å². The highest BCUT2D eigenvalue weighted by Gasteiger charge is 2.20. The highest BCUT2D eigenvalue weighted by molar-refractivity contribution is 7.92. The molecule has 2 heterocycles. The Balaban J connectivity index is 1.75. The molecule has 0 saturated carbocycles. The molecule has 0 spiro atoms. The first kappa shape index (κ1) is 17.6. The molecular formula is C17H21FN4O2S. The van der Waals surface area contributed by atoms with E-state index in [1.165, 1.54) is 18.3 Å². The normalized spacial score (nSPS) is 16.0. The van der Waals surface area contributed by atoms with Gasteiger partial charge in [-0.25, -0.2) is 17.8 Å². The summed E-state index contributed by atoms with van der Waals surface area (Å²) >= 11 is 0. The van der Waals surface area contributed by atoms with Gasteiger partial charge in [0.2, 0.25) is 0 Å². The van der Waals surface area contributed by atoms with Crippen LogP contribution in [0.2, 0.25) is 0 Å². The van der Waals surface area contributed by atoms with E-state index in [1.807, 2.05) is 0 Å². The lowest BCUT2D eigenvalue weighted by atomic mass is 10.2. The molecule has 1 aromatic carbocycles. The number of nitrogens with zero attached hydrogens (tertiary/aromatic N) is 3. The highest BCUT2D eigenvalue weighted by Crippen LogP contribution is 2.21. The number of rotatable bonds is 4. The van der Waals surface area contributed by atoms with Crippen molar-refractivity contribution in [2.45, 2.75) is 11.8 Å². The van der Waals surface area contributed by atoms with E-state index in [0.717, 1.165) is 38.1 Å². The van der Waals surface area contributed by atoms with Crippen LogP contribution >= 0.6 is 0 Å². The fourth-order valence-corrected chi connectivity index (χ4v) is 3.90. The summed E-state index contributed by atoms with van der Waals surface area (Å²) in [6, 6.07) is 7.41. The molecule has 1 aliphatic heterocycles. The van der Waals surface area contributed by atoms with Crippen molar-refractivity contribution < 1.29 is 12.8 Å². The van der Waals surface area contributed by atoms with Crippen LogP contribution in [0.4, 0.5) is 15.9 Å². The molecule has 6 nitrogen and oxygen atoms in total. The molecule has 1 fully saturated rings. The molecule has 8 heteroatoms. The number of benzene rings is 1. The van der Waals surface area contributed by atoms with Crippen LogP contribution in [0.5, 0.6) is 0 Å². The number of aryl methyl sites for hydroxylation is 1. The number of likely N-dealkylation sites (N-methyl/N-ethyl adjacent to an activating group) is 1. The lowest BCUT2D eigenvalue weighted by Crippen LogP contribution is -2.44. The van der Waals surface area contributed by atoms with E-state index in [2.05, 4.69) is 26.6 Å². The van der Waals surface area contributed by atoms with Gasteiger partial charge in [0.15, 0.2) is 0 Å². The van der Waals surface area contributed by atoms with Crippen molar-refractivity contribution in [3.05, 3.63) is 47.9 Å². The van der Waals surface area contributed by atoms with Crippen molar-refractivity contribution in [2.75, 3.05) is 42.8 Å². The van der Waals surface area contributed by atoms with Gasteiger partial charge in [0, 0.05) is 26.2 Å². The molecule has 1 N–H and O–H groups in total. The quantitative estimate of drug-likeness (QED) is 0.900. The summed E-state index contributed by atoms with van der Waals surface area (Å²) in [5, 5.41) is 0. The number of pyridine rings is 1. The molecule has 1 saturated heterocycles. The third-order valence-electron chi connectivity index (χ3n) is 4.20. The van der Waals surface area contributed by atoms with E-state index in [9.17, 15) is 12.8 Å². The molecule has 0 unspecified atom stereocenters. The number of hydrogen-bond acceptors (Lipinski definition) is 5. The minimum Gasteiger partial charge on any atom is -0.354 e. The highest BCUT2D eigenvalue weighted by atomic mass is 32.2. The van der Waals surface area contributed by atoms with Crippen LogP contribution < -0.4 is 9.62 Å². The Bertz CT molecular complexity index is 847. The Morgan fingerprint density at radius 2 is 1.84 bits per heavy atom. The van der Waals surface area contributed by atoms with E-state index in [0.29, 0.717) is 11.3 Å². The van der Waals surface area contributed by atoms with E-state index >= 15 is 0 Å². The van der Waals surface area contributed by atoms with Crippen molar-refractivity contribution >= 4 is 21.5 Å². The van der Waals surface area contributed by atoms with Gasteiger partial charge in [-0.1, -0.05) is 6.07 Å². The van der Waals surface area contributed by atoms with Crippen LogP contribution in [-0.2, 0) is 10.0 Å². The molecule has 134 valence electrons. The number of sulfonamides is 1. The summed E-state index contributed by atoms with van der Waals surface area (Å²) in [5.41, 5.74) is 0.976. The van der Waals surface area contributed by atoms with Gasteiger partial charge in [0.1, 0.15) is 16.5 Å². The van der Waals surface area contributed by atoms with Crippen molar-refractivity contribution in [2.24, 2.45) is 0 Å². The molecule has 0 aliphatic carbocycles. The number of aromatic nitrogens is 1. The lowest BCUT2D eigenvalue weighted by molar-refractivity contribution is 0.312. The second kappa shape index (κ2) is 6.97. The van der Waals surface area contributed by atoms with Crippen molar-refractivity contribution in [1.29, 1.82) is 0 Å². The first-order valence-corrected chi connectivity index (χ1v) is 9.52. The lowest BCUT2D eigenvalue weighted by Gasteiger charge is -2.33. The Labute approximate surface area is 147 Å². The summed E-state index contributed by atoms with van der Waals surface area (Å²) in [4.78, 5) is 8.36. The van der Waals surface area contributed by atoms with Crippen LogP contribution in [-0.4, -0.2) is 51.5 Å². The van der Waals surface area contributed by atoms with Crippen LogP contribution in [0.3, 0.4) is 0 Å². The van der Waals surface area contributed by atoms with E-state index in [4.69, 9.17) is 0 Å². The minimum absolute atomic E-state index is 0.304. The zero-order valence-corrected chi connectivity index (χ0v) is 15.1. The van der Waals surface area contributed by atoms with E-state index in [1.54, 1.807) is 19.1 Å². The van der Waals surface area contributed by atoms with Crippen molar-refractivity contribution in [3.63, 3.8) is 0 Å². The maximum atomic E-state index is 13.9. The number of hydrogen-bond donors (Lipinski definition) is 1. The van der Waals surface area contributed by atoms with Gasteiger partial charge < -0.3 is 9.80 Å². The molecule has 0 radical (unpaired) electrons. The Morgan fingerprint density at radius 3 is 2.48 bits per heavy atom. The zero-order chi connectivity index (χ0) is 18.0. The molecule has 2 aromatic rings. The number of nitrogens with one attached hydrogen (secondary N) is 1. The summed E-state index contributed by atoms with van der Waals surface area (Å²) < 4.78 is 41.0. The number of anilines is 2. The average molecular weight is 364 g/mol. The van der Waals surface area contributed by atoms with Gasteiger partial charge in [0.25, 0.3) is 10.0 Å². The molecule has 3 rings (SSSR count). The van der Waals surface area contributed by atoms with Crippen LogP contribution in [0.1, 0.15) is 5.56 Å². The molecule has 0 atom stereocenters. The van der Waals surface area contributed by atoms with Gasteiger partial charge in [-0.05, 0) is 43.8 Å². The second-order valence-corrected chi connectivity index (χ2v) is 7.89. The summed E-state index contributed by atoms with van der Waals surface area (Å²) in [6.45, 7) is 5.39. The third-order valence-corrected chi connectivity index (χ3v) is 5.60. The fraction of sp³-hybridized carbons (Fsp3) is 0.353. The summed E-state index contributed by atoms with van der Waals surface area (Å²) in [5.74, 6) is 0.0258. The zero-order valence-electron chi connectivity index (χ0n) is 14.2. The Kier molecular flexibility index (Phi) is 4.91. The third kappa shape index (κ3) is 4.08. The van der Waals surface area contributed by atoms with E-state index in [-0.39, 0.29) is 4.90 Å². The van der Waals surface area contributed by atoms with Crippen molar-refractivity contribution in [3.8, 4) is 0 Å². The monoisotopic (exact) mass is 364 g/mol. The maximum Gasteiger partial charge on any atom is 0.264 e. The standard InChI is InChI=1S/C17H21FN4O2S/c1-13-3-5-15(18)16(11-13)25(23,24)20-14-4-6-17(19-12-14)22-9-7-21(2)8-10-22/h3-6,11-12,20H,7-10H2,1-2H3. The molecule has 1 aliphatic rings. The second-order valence-electron chi connectivity index (χ2n) is 6.23. The van der Waals surface area contributed by atoms with Gasteiger partial charge in [-0.3, -0.25) is 4.72 Å². The summed E-state index contributed by atoms with van der Waals surface area (Å²) in [6.07, 6.45) is 1.46. The Hall–Kier alpha value is -2.19. The molecule has 25 heavy (non-hydrogen) atoms. The van der Waals surface area contributed by atoms with Crippen LogP contribution in [0, 0.1) is 12.7 Å². The molecule has 0 amide bonds.